The van der Waals surface area contributed by atoms with Gasteiger partial charge in [-0.3, -0.25) is 9.59 Å². The van der Waals surface area contributed by atoms with E-state index in [9.17, 15) is 9.59 Å². The lowest BCUT2D eigenvalue weighted by molar-refractivity contribution is -0.133. The first-order valence-corrected chi connectivity index (χ1v) is 8.24. The van der Waals surface area contributed by atoms with Gasteiger partial charge in [0, 0.05) is 23.7 Å². The average Bonchev–Trinajstić information content (AvgIpc) is 2.43. The van der Waals surface area contributed by atoms with Crippen LogP contribution in [-0.4, -0.2) is 11.6 Å². The Labute approximate surface area is 117 Å². The standard InChI is InChI=1S/C17H28O2/c1-3-12-7-5-9-14(16(12)18)11-15-10-6-8-13(4-2)17(15)19/h12-15H,3-11H2,1-2H3. The Hall–Kier alpha value is -0.660. The molecule has 2 nitrogen and oxygen atoms in total. The second-order valence-electron chi connectivity index (χ2n) is 6.51. The first-order valence-electron chi connectivity index (χ1n) is 8.24. The Bertz CT molecular complexity index is 302. The second kappa shape index (κ2) is 6.67. The molecular weight excluding hydrogens is 236 g/mol. The Kier molecular flexibility index (Phi) is 5.18. The van der Waals surface area contributed by atoms with E-state index in [2.05, 4.69) is 13.8 Å². The van der Waals surface area contributed by atoms with Gasteiger partial charge in [-0.2, -0.15) is 0 Å². The van der Waals surface area contributed by atoms with Crippen molar-refractivity contribution in [1.82, 2.24) is 0 Å². The molecule has 0 aromatic heterocycles. The zero-order valence-electron chi connectivity index (χ0n) is 12.5. The molecule has 0 spiro atoms. The van der Waals surface area contributed by atoms with Crippen LogP contribution in [0.5, 0.6) is 0 Å². The second-order valence-corrected chi connectivity index (χ2v) is 6.51. The lowest BCUT2D eigenvalue weighted by atomic mass is 9.70. The third-order valence-corrected chi connectivity index (χ3v) is 5.37. The van der Waals surface area contributed by atoms with Gasteiger partial charge in [-0.05, 0) is 44.9 Å². The van der Waals surface area contributed by atoms with Crippen LogP contribution < -0.4 is 0 Å². The van der Waals surface area contributed by atoms with E-state index in [0.29, 0.717) is 11.6 Å². The van der Waals surface area contributed by atoms with Gasteiger partial charge in [0.05, 0.1) is 0 Å². The van der Waals surface area contributed by atoms with Crippen molar-refractivity contribution in [3.63, 3.8) is 0 Å². The summed E-state index contributed by atoms with van der Waals surface area (Å²) in [6, 6.07) is 0. The predicted molar refractivity (Wildman–Crippen MR) is 76.9 cm³/mol. The summed E-state index contributed by atoms with van der Waals surface area (Å²) in [6.45, 7) is 4.23. The fourth-order valence-electron chi connectivity index (χ4n) is 4.08. The number of hydrogen-bond donors (Lipinski definition) is 0. The first-order chi connectivity index (χ1) is 9.17. The highest BCUT2D eigenvalue weighted by atomic mass is 16.1. The highest BCUT2D eigenvalue weighted by Gasteiger charge is 2.36. The smallest absolute Gasteiger partial charge is 0.139 e. The Morgan fingerprint density at radius 2 is 1.11 bits per heavy atom. The molecule has 0 aromatic rings. The van der Waals surface area contributed by atoms with Gasteiger partial charge in [0.1, 0.15) is 11.6 Å². The predicted octanol–water partition coefficient (Wildman–Crippen LogP) is 4.17. The molecule has 0 heterocycles. The summed E-state index contributed by atoms with van der Waals surface area (Å²) in [5.74, 6) is 1.84. The molecule has 2 rings (SSSR count). The van der Waals surface area contributed by atoms with E-state index in [0.717, 1.165) is 44.9 Å². The molecule has 0 aliphatic heterocycles. The van der Waals surface area contributed by atoms with Gasteiger partial charge in [-0.15, -0.1) is 0 Å². The van der Waals surface area contributed by atoms with Crippen LogP contribution in [0.3, 0.4) is 0 Å². The largest absolute Gasteiger partial charge is 0.299 e. The number of carbonyl (C=O) groups is 2. The zero-order valence-corrected chi connectivity index (χ0v) is 12.5. The molecular formula is C17H28O2. The van der Waals surface area contributed by atoms with E-state index in [1.54, 1.807) is 0 Å². The summed E-state index contributed by atoms with van der Waals surface area (Å²) in [5, 5.41) is 0. The minimum absolute atomic E-state index is 0.184. The van der Waals surface area contributed by atoms with E-state index in [1.807, 2.05) is 0 Å². The van der Waals surface area contributed by atoms with Crippen LogP contribution in [0.25, 0.3) is 0 Å². The maximum Gasteiger partial charge on any atom is 0.139 e. The minimum Gasteiger partial charge on any atom is -0.299 e. The molecule has 2 heteroatoms. The molecule has 0 radical (unpaired) electrons. The Balaban J connectivity index is 1.96. The van der Waals surface area contributed by atoms with Crippen LogP contribution in [0.1, 0.15) is 71.6 Å². The van der Waals surface area contributed by atoms with E-state index < -0.39 is 0 Å². The zero-order chi connectivity index (χ0) is 13.8. The van der Waals surface area contributed by atoms with Crippen molar-refractivity contribution in [2.75, 3.05) is 0 Å². The van der Waals surface area contributed by atoms with Crippen molar-refractivity contribution in [2.24, 2.45) is 23.7 Å². The van der Waals surface area contributed by atoms with Crippen LogP contribution in [0, 0.1) is 23.7 Å². The summed E-state index contributed by atoms with van der Waals surface area (Å²) in [6.07, 6.45) is 9.34. The van der Waals surface area contributed by atoms with Crippen LogP contribution in [0.2, 0.25) is 0 Å². The first kappa shape index (κ1) is 14.7. The molecule has 0 aromatic carbocycles. The quantitative estimate of drug-likeness (QED) is 0.763. The number of ketones is 2. The average molecular weight is 264 g/mol. The van der Waals surface area contributed by atoms with Gasteiger partial charge in [-0.25, -0.2) is 0 Å². The highest BCUT2D eigenvalue weighted by molar-refractivity contribution is 5.87. The number of rotatable bonds is 4. The molecule has 0 N–H and O–H groups in total. The third-order valence-electron chi connectivity index (χ3n) is 5.37. The topological polar surface area (TPSA) is 34.1 Å². The molecule has 2 saturated carbocycles. The van der Waals surface area contributed by atoms with Gasteiger partial charge in [-0.1, -0.05) is 26.7 Å². The van der Waals surface area contributed by atoms with Crippen LogP contribution in [0.4, 0.5) is 0 Å². The fraction of sp³-hybridized carbons (Fsp3) is 0.882. The fourth-order valence-corrected chi connectivity index (χ4v) is 4.08. The maximum atomic E-state index is 12.4. The molecule has 108 valence electrons. The van der Waals surface area contributed by atoms with Crippen molar-refractivity contribution in [2.45, 2.75) is 71.6 Å². The molecule has 0 bridgehead atoms. The normalized spacial score (nSPS) is 36.5. The van der Waals surface area contributed by atoms with E-state index in [1.165, 1.54) is 12.8 Å². The number of carbonyl (C=O) groups excluding carboxylic acids is 2. The third kappa shape index (κ3) is 3.27. The Morgan fingerprint density at radius 1 is 0.737 bits per heavy atom. The van der Waals surface area contributed by atoms with E-state index in [-0.39, 0.29) is 23.7 Å². The molecule has 0 saturated heterocycles. The summed E-state index contributed by atoms with van der Waals surface area (Å²) in [4.78, 5) is 24.8. The van der Waals surface area contributed by atoms with E-state index >= 15 is 0 Å². The lowest BCUT2D eigenvalue weighted by Crippen LogP contribution is -2.34. The van der Waals surface area contributed by atoms with Crippen molar-refractivity contribution in [3.8, 4) is 0 Å². The molecule has 4 atom stereocenters. The monoisotopic (exact) mass is 264 g/mol. The minimum atomic E-state index is 0.184. The highest BCUT2D eigenvalue weighted by Crippen LogP contribution is 2.37. The summed E-state index contributed by atoms with van der Waals surface area (Å²) < 4.78 is 0. The number of hydrogen-bond acceptors (Lipinski definition) is 2. The summed E-state index contributed by atoms with van der Waals surface area (Å²) in [7, 11) is 0. The maximum absolute atomic E-state index is 12.4. The van der Waals surface area contributed by atoms with Crippen molar-refractivity contribution in [3.05, 3.63) is 0 Å². The number of Topliss-reactive ketones (excluding diaryl/α,β-unsaturated/α-hetero) is 2. The van der Waals surface area contributed by atoms with Gasteiger partial charge in [0.25, 0.3) is 0 Å². The van der Waals surface area contributed by atoms with Crippen LogP contribution in [-0.2, 0) is 9.59 Å². The van der Waals surface area contributed by atoms with Gasteiger partial charge >= 0.3 is 0 Å². The van der Waals surface area contributed by atoms with Crippen molar-refractivity contribution < 1.29 is 9.59 Å². The van der Waals surface area contributed by atoms with Gasteiger partial charge in [0.15, 0.2) is 0 Å². The van der Waals surface area contributed by atoms with Crippen LogP contribution >= 0.6 is 0 Å². The molecule has 19 heavy (non-hydrogen) atoms. The summed E-state index contributed by atoms with van der Waals surface area (Å²) in [5.41, 5.74) is 0. The van der Waals surface area contributed by atoms with Crippen LogP contribution in [0.15, 0.2) is 0 Å². The molecule has 2 fully saturated rings. The van der Waals surface area contributed by atoms with Gasteiger partial charge in [0.2, 0.25) is 0 Å². The molecule has 4 unspecified atom stereocenters. The lowest BCUT2D eigenvalue weighted by Gasteiger charge is -2.33. The van der Waals surface area contributed by atoms with Crippen molar-refractivity contribution >= 4 is 11.6 Å². The van der Waals surface area contributed by atoms with E-state index in [4.69, 9.17) is 0 Å². The molecule has 0 amide bonds. The molecule has 2 aliphatic carbocycles. The van der Waals surface area contributed by atoms with Crippen molar-refractivity contribution in [1.29, 1.82) is 0 Å². The SMILES string of the molecule is CCC1CCCC(CC2CCCC(CC)C2=O)C1=O. The molecule has 2 aliphatic rings. The summed E-state index contributed by atoms with van der Waals surface area (Å²) >= 11 is 0. The Morgan fingerprint density at radius 3 is 1.47 bits per heavy atom. The van der Waals surface area contributed by atoms with Gasteiger partial charge < -0.3 is 0 Å².